The minimum absolute atomic E-state index is 0.0250. The highest BCUT2D eigenvalue weighted by molar-refractivity contribution is 5.96. The molecule has 0 radical (unpaired) electrons. The molecular weight excluding hydrogens is 344 g/mol. The second kappa shape index (κ2) is 8.16. The van der Waals surface area contributed by atoms with Crippen LogP contribution in [0.15, 0.2) is 30.6 Å². The number of aromatic nitrogens is 2. The topological polar surface area (TPSA) is 84.4 Å². The van der Waals surface area contributed by atoms with E-state index >= 15 is 0 Å². The summed E-state index contributed by atoms with van der Waals surface area (Å²) in [5, 5.41) is 2.80. The van der Waals surface area contributed by atoms with E-state index in [0.29, 0.717) is 30.4 Å². The number of methoxy groups -OCH3 is 1. The second-order valence-corrected chi connectivity index (χ2v) is 6.90. The minimum atomic E-state index is -0.269. The van der Waals surface area contributed by atoms with Crippen molar-refractivity contribution >= 4 is 17.6 Å². The van der Waals surface area contributed by atoms with Crippen LogP contribution in [0.2, 0.25) is 0 Å². The van der Waals surface area contributed by atoms with Crippen LogP contribution in [0, 0.1) is 19.8 Å². The Hall–Kier alpha value is -2.96. The summed E-state index contributed by atoms with van der Waals surface area (Å²) in [7, 11) is 1.51. The number of amides is 2. The van der Waals surface area contributed by atoms with Gasteiger partial charge in [-0.3, -0.25) is 9.59 Å². The molecule has 1 aromatic heterocycles. The molecular formula is C20H24N4O3. The van der Waals surface area contributed by atoms with Crippen LogP contribution in [0.5, 0.6) is 5.88 Å². The van der Waals surface area contributed by atoms with Gasteiger partial charge in [-0.25, -0.2) is 9.97 Å². The smallest absolute Gasteiger partial charge is 0.253 e. The number of carbonyl (C=O) groups excluding carboxylic acids is 2. The molecule has 1 saturated heterocycles. The predicted molar refractivity (Wildman–Crippen MR) is 102 cm³/mol. The van der Waals surface area contributed by atoms with Crippen LogP contribution in [0.1, 0.15) is 34.3 Å². The first-order valence-corrected chi connectivity index (χ1v) is 9.00. The van der Waals surface area contributed by atoms with Crippen LogP contribution in [0.25, 0.3) is 0 Å². The van der Waals surface area contributed by atoms with Crippen molar-refractivity contribution in [3.63, 3.8) is 0 Å². The number of piperidine rings is 1. The highest BCUT2D eigenvalue weighted by Gasteiger charge is 2.29. The zero-order valence-electron chi connectivity index (χ0n) is 15.9. The molecule has 1 aliphatic rings. The Balaban J connectivity index is 1.67. The number of hydrogen-bond acceptors (Lipinski definition) is 5. The average Bonchev–Trinajstić information content (AvgIpc) is 2.67. The molecule has 7 nitrogen and oxygen atoms in total. The van der Waals surface area contributed by atoms with E-state index in [1.165, 1.54) is 13.4 Å². The molecule has 0 bridgehead atoms. The van der Waals surface area contributed by atoms with Crippen LogP contribution in [-0.2, 0) is 4.79 Å². The van der Waals surface area contributed by atoms with Gasteiger partial charge in [0.15, 0.2) is 0 Å². The largest absolute Gasteiger partial charge is 0.481 e. The first kappa shape index (κ1) is 18.8. The highest BCUT2D eigenvalue weighted by Crippen LogP contribution is 2.21. The molecule has 0 unspecified atom stereocenters. The molecule has 1 aromatic carbocycles. The molecule has 2 heterocycles. The fourth-order valence-electron chi connectivity index (χ4n) is 3.40. The molecule has 1 aliphatic heterocycles. The first-order valence-electron chi connectivity index (χ1n) is 9.00. The molecule has 7 heteroatoms. The molecule has 1 fully saturated rings. The second-order valence-electron chi connectivity index (χ2n) is 6.90. The summed E-state index contributed by atoms with van der Waals surface area (Å²) >= 11 is 0. The normalized spacial score (nSPS) is 16.7. The Morgan fingerprint density at radius 2 is 1.89 bits per heavy atom. The third-order valence-corrected chi connectivity index (χ3v) is 4.65. The Morgan fingerprint density at radius 3 is 2.59 bits per heavy atom. The van der Waals surface area contributed by atoms with E-state index in [-0.39, 0.29) is 17.7 Å². The minimum Gasteiger partial charge on any atom is -0.481 e. The predicted octanol–water partition coefficient (Wildman–Crippen LogP) is 2.59. The van der Waals surface area contributed by atoms with E-state index in [1.54, 1.807) is 11.0 Å². The molecule has 1 atom stereocenters. The number of nitrogens with one attached hydrogen (secondary N) is 1. The molecule has 0 aliphatic carbocycles. The van der Waals surface area contributed by atoms with E-state index < -0.39 is 0 Å². The van der Waals surface area contributed by atoms with Crippen molar-refractivity contribution in [3.8, 4) is 5.88 Å². The maximum absolute atomic E-state index is 12.9. The van der Waals surface area contributed by atoms with E-state index in [1.807, 2.05) is 32.0 Å². The van der Waals surface area contributed by atoms with E-state index in [9.17, 15) is 9.59 Å². The van der Waals surface area contributed by atoms with Gasteiger partial charge in [0.2, 0.25) is 11.8 Å². The number of rotatable bonds is 4. The van der Waals surface area contributed by atoms with Crippen molar-refractivity contribution in [3.05, 3.63) is 47.3 Å². The maximum atomic E-state index is 12.9. The molecule has 0 spiro atoms. The summed E-state index contributed by atoms with van der Waals surface area (Å²) in [6.45, 7) is 5.02. The first-order chi connectivity index (χ1) is 13.0. The summed E-state index contributed by atoms with van der Waals surface area (Å²) < 4.78 is 5.04. The van der Waals surface area contributed by atoms with Gasteiger partial charge in [0.05, 0.1) is 13.0 Å². The number of aryl methyl sites for hydroxylation is 2. The van der Waals surface area contributed by atoms with Crippen molar-refractivity contribution in [1.82, 2.24) is 14.9 Å². The summed E-state index contributed by atoms with van der Waals surface area (Å²) in [4.78, 5) is 35.2. The molecule has 142 valence electrons. The summed E-state index contributed by atoms with van der Waals surface area (Å²) in [6.07, 6.45) is 2.87. The van der Waals surface area contributed by atoms with Gasteiger partial charge in [0, 0.05) is 24.7 Å². The fourth-order valence-corrected chi connectivity index (χ4v) is 3.40. The Kier molecular flexibility index (Phi) is 5.69. The Morgan fingerprint density at radius 1 is 1.15 bits per heavy atom. The summed E-state index contributed by atoms with van der Waals surface area (Å²) in [5.41, 5.74) is 2.79. The van der Waals surface area contributed by atoms with Crippen molar-refractivity contribution in [2.24, 2.45) is 5.92 Å². The van der Waals surface area contributed by atoms with Crippen molar-refractivity contribution < 1.29 is 14.3 Å². The summed E-state index contributed by atoms with van der Waals surface area (Å²) in [5.74, 6) is 0.339. The fraction of sp³-hybridized carbons (Fsp3) is 0.400. The number of nitrogens with zero attached hydrogens (tertiary/aromatic N) is 3. The number of ether oxygens (including phenoxy) is 1. The van der Waals surface area contributed by atoms with Gasteiger partial charge in [0.25, 0.3) is 5.91 Å². The van der Waals surface area contributed by atoms with Gasteiger partial charge in [-0.2, -0.15) is 0 Å². The zero-order chi connectivity index (χ0) is 19.4. The third kappa shape index (κ3) is 4.61. The third-order valence-electron chi connectivity index (χ3n) is 4.65. The van der Waals surface area contributed by atoms with Crippen molar-refractivity contribution in [2.75, 3.05) is 25.5 Å². The van der Waals surface area contributed by atoms with Crippen molar-refractivity contribution in [2.45, 2.75) is 26.7 Å². The molecule has 27 heavy (non-hydrogen) atoms. The average molecular weight is 368 g/mol. The van der Waals surface area contributed by atoms with Gasteiger partial charge in [-0.15, -0.1) is 0 Å². The van der Waals surface area contributed by atoms with Gasteiger partial charge in [0.1, 0.15) is 12.1 Å². The van der Waals surface area contributed by atoms with Crippen LogP contribution in [0.4, 0.5) is 5.82 Å². The molecule has 2 aromatic rings. The zero-order valence-corrected chi connectivity index (χ0v) is 15.9. The van der Waals surface area contributed by atoms with Gasteiger partial charge in [-0.1, -0.05) is 17.2 Å². The van der Waals surface area contributed by atoms with E-state index in [0.717, 1.165) is 24.0 Å². The molecule has 2 amide bonds. The standard InChI is InChI=1S/C20H24N4O3/c1-13-7-14(2)9-16(8-13)20(26)24-6-4-5-15(11-24)19(25)23-17-10-18(27-3)22-12-21-17/h7-10,12,15H,4-6,11H2,1-3H3,(H,21,22,23,25)/t15-/m0/s1. The Labute approximate surface area is 158 Å². The quantitative estimate of drug-likeness (QED) is 0.897. The highest BCUT2D eigenvalue weighted by atomic mass is 16.5. The van der Waals surface area contributed by atoms with Crippen LogP contribution in [-0.4, -0.2) is 46.9 Å². The van der Waals surface area contributed by atoms with Gasteiger partial charge in [-0.05, 0) is 38.8 Å². The van der Waals surface area contributed by atoms with Crippen LogP contribution >= 0.6 is 0 Å². The lowest BCUT2D eigenvalue weighted by Crippen LogP contribution is -2.43. The lowest BCUT2D eigenvalue weighted by atomic mass is 9.96. The number of carbonyl (C=O) groups is 2. The SMILES string of the molecule is COc1cc(NC(=O)[C@H]2CCCN(C(=O)c3cc(C)cc(C)c3)C2)ncn1. The molecule has 0 saturated carbocycles. The summed E-state index contributed by atoms with van der Waals surface area (Å²) in [6, 6.07) is 7.40. The monoisotopic (exact) mass is 368 g/mol. The molecule has 3 rings (SSSR count). The van der Waals surface area contributed by atoms with Crippen molar-refractivity contribution in [1.29, 1.82) is 0 Å². The van der Waals surface area contributed by atoms with E-state index in [4.69, 9.17) is 4.74 Å². The number of anilines is 1. The lowest BCUT2D eigenvalue weighted by molar-refractivity contribution is -0.121. The van der Waals surface area contributed by atoms with Crippen LogP contribution in [0.3, 0.4) is 0 Å². The number of hydrogen-bond donors (Lipinski definition) is 1. The number of likely N-dealkylation sites (tertiary alicyclic amines) is 1. The molecule has 1 N–H and O–H groups in total. The van der Waals surface area contributed by atoms with Crippen LogP contribution < -0.4 is 10.1 Å². The lowest BCUT2D eigenvalue weighted by Gasteiger charge is -2.32. The van der Waals surface area contributed by atoms with E-state index in [2.05, 4.69) is 15.3 Å². The maximum Gasteiger partial charge on any atom is 0.253 e. The number of benzene rings is 1. The Bertz CT molecular complexity index is 833. The van der Waals surface area contributed by atoms with Gasteiger partial charge < -0.3 is 15.0 Å². The van der Waals surface area contributed by atoms with Gasteiger partial charge >= 0.3 is 0 Å².